The molecule has 1 aliphatic heterocycles. The second-order valence-corrected chi connectivity index (χ2v) is 9.30. The lowest BCUT2D eigenvalue weighted by atomic mass is 10.1. The molecule has 1 atom stereocenters. The number of sulfone groups is 1. The van der Waals surface area contributed by atoms with E-state index in [1.807, 2.05) is 17.5 Å². The van der Waals surface area contributed by atoms with E-state index < -0.39 is 21.1 Å². The van der Waals surface area contributed by atoms with Gasteiger partial charge in [0.05, 0.1) is 23.7 Å². The second kappa shape index (κ2) is 7.59. The van der Waals surface area contributed by atoms with Gasteiger partial charge >= 0.3 is 5.97 Å². The highest BCUT2D eigenvalue weighted by atomic mass is 32.2. The molecule has 1 aromatic carbocycles. The molecule has 1 amide bonds. The minimum atomic E-state index is -3.30. The van der Waals surface area contributed by atoms with Crippen molar-refractivity contribution in [3.63, 3.8) is 0 Å². The molecule has 138 valence electrons. The minimum Gasteiger partial charge on any atom is -0.465 e. The van der Waals surface area contributed by atoms with Gasteiger partial charge in [0.25, 0.3) is 5.91 Å². The van der Waals surface area contributed by atoms with E-state index in [1.54, 1.807) is 17.0 Å². The van der Waals surface area contributed by atoms with Crippen LogP contribution in [0.3, 0.4) is 0 Å². The predicted octanol–water partition coefficient (Wildman–Crippen LogP) is 2.54. The molecular formula is C18H19NO5S2. The number of hydrogen-bond acceptors (Lipinski definition) is 6. The summed E-state index contributed by atoms with van der Waals surface area (Å²) in [7, 11) is -2.00. The van der Waals surface area contributed by atoms with Gasteiger partial charge in [0.2, 0.25) is 0 Å². The van der Waals surface area contributed by atoms with Gasteiger partial charge in [-0.1, -0.05) is 6.07 Å². The van der Waals surface area contributed by atoms with Crippen molar-refractivity contribution in [1.29, 1.82) is 0 Å². The number of thiophene rings is 1. The lowest BCUT2D eigenvalue weighted by Crippen LogP contribution is -2.33. The zero-order valence-electron chi connectivity index (χ0n) is 14.3. The van der Waals surface area contributed by atoms with E-state index in [1.165, 1.54) is 30.6 Å². The Balaban J connectivity index is 1.76. The van der Waals surface area contributed by atoms with Crippen molar-refractivity contribution < 1.29 is 22.7 Å². The SMILES string of the molecule is COC(=O)c1ccc(C(=O)N2CC[C@H](c3cccs3)S(=O)(=O)CC2)cc1. The van der Waals surface area contributed by atoms with Crippen LogP contribution < -0.4 is 0 Å². The van der Waals surface area contributed by atoms with Crippen LogP contribution in [0.5, 0.6) is 0 Å². The molecule has 2 aromatic rings. The maximum atomic E-state index is 12.7. The van der Waals surface area contributed by atoms with E-state index in [4.69, 9.17) is 0 Å². The summed E-state index contributed by atoms with van der Waals surface area (Å²) in [4.78, 5) is 26.6. The Hall–Kier alpha value is -2.19. The summed E-state index contributed by atoms with van der Waals surface area (Å²) < 4.78 is 29.8. The van der Waals surface area contributed by atoms with Crippen LogP contribution in [0.25, 0.3) is 0 Å². The molecule has 1 aromatic heterocycles. The van der Waals surface area contributed by atoms with E-state index in [0.717, 1.165) is 4.88 Å². The quantitative estimate of drug-likeness (QED) is 0.749. The average Bonchev–Trinajstić information content (AvgIpc) is 3.12. The summed E-state index contributed by atoms with van der Waals surface area (Å²) in [5, 5.41) is 1.31. The van der Waals surface area contributed by atoms with Gasteiger partial charge in [-0.15, -0.1) is 11.3 Å². The van der Waals surface area contributed by atoms with Crippen molar-refractivity contribution >= 4 is 33.1 Å². The van der Waals surface area contributed by atoms with Crippen molar-refractivity contribution in [2.75, 3.05) is 26.0 Å². The molecule has 0 aliphatic carbocycles. The van der Waals surface area contributed by atoms with Crippen LogP contribution in [0.1, 0.15) is 37.3 Å². The number of methoxy groups -OCH3 is 1. The summed E-state index contributed by atoms with van der Waals surface area (Å²) in [6, 6.07) is 9.85. The van der Waals surface area contributed by atoms with Crippen molar-refractivity contribution in [1.82, 2.24) is 4.90 Å². The van der Waals surface area contributed by atoms with Crippen LogP contribution in [-0.4, -0.2) is 51.1 Å². The van der Waals surface area contributed by atoms with Gasteiger partial charge in [0.1, 0.15) is 0 Å². The molecular weight excluding hydrogens is 374 g/mol. The first-order valence-corrected chi connectivity index (χ1v) is 10.7. The highest BCUT2D eigenvalue weighted by molar-refractivity contribution is 7.91. The number of amides is 1. The maximum absolute atomic E-state index is 12.7. The fourth-order valence-electron chi connectivity index (χ4n) is 2.99. The van der Waals surface area contributed by atoms with Crippen LogP contribution >= 0.6 is 11.3 Å². The number of carbonyl (C=O) groups excluding carboxylic acids is 2. The molecule has 1 saturated heterocycles. The van der Waals surface area contributed by atoms with Crippen molar-refractivity contribution in [2.24, 2.45) is 0 Å². The molecule has 2 heterocycles. The normalized spacial score (nSPS) is 19.6. The summed E-state index contributed by atoms with van der Waals surface area (Å²) >= 11 is 1.43. The molecule has 0 unspecified atom stereocenters. The zero-order valence-corrected chi connectivity index (χ0v) is 15.9. The standard InChI is InChI=1S/C18H19NO5S2/c1-24-18(21)14-6-4-13(5-7-14)17(20)19-9-8-16(15-3-2-11-25-15)26(22,23)12-10-19/h2-7,11,16H,8-10,12H2,1H3/t16-/m1/s1. The molecule has 3 rings (SSSR count). The zero-order chi connectivity index (χ0) is 18.7. The maximum Gasteiger partial charge on any atom is 0.337 e. The summed E-state index contributed by atoms with van der Waals surface area (Å²) in [6.07, 6.45) is 0.384. The van der Waals surface area contributed by atoms with Gasteiger partial charge in [-0.25, -0.2) is 13.2 Å². The molecule has 0 radical (unpaired) electrons. The van der Waals surface area contributed by atoms with Crippen LogP contribution in [0.15, 0.2) is 41.8 Å². The van der Waals surface area contributed by atoms with Crippen LogP contribution in [-0.2, 0) is 14.6 Å². The molecule has 1 fully saturated rings. The van der Waals surface area contributed by atoms with Gasteiger partial charge in [-0.05, 0) is 42.1 Å². The number of nitrogens with zero attached hydrogens (tertiary/aromatic N) is 1. The Bertz CT molecular complexity index is 888. The number of esters is 1. The van der Waals surface area contributed by atoms with Crippen LogP contribution in [0, 0.1) is 0 Å². The Morgan fingerprint density at radius 1 is 1.12 bits per heavy atom. The van der Waals surface area contributed by atoms with E-state index in [0.29, 0.717) is 24.1 Å². The van der Waals surface area contributed by atoms with Crippen molar-refractivity contribution in [3.05, 3.63) is 57.8 Å². The molecule has 0 saturated carbocycles. The Kier molecular flexibility index (Phi) is 5.43. The molecule has 0 bridgehead atoms. The topological polar surface area (TPSA) is 80.8 Å². The highest BCUT2D eigenvalue weighted by Crippen LogP contribution is 2.32. The number of benzene rings is 1. The number of rotatable bonds is 3. The predicted molar refractivity (Wildman–Crippen MR) is 99.1 cm³/mol. The molecule has 6 nitrogen and oxygen atoms in total. The summed E-state index contributed by atoms with van der Waals surface area (Å²) in [5.41, 5.74) is 0.782. The van der Waals surface area contributed by atoms with E-state index in [9.17, 15) is 18.0 Å². The Labute approximate surface area is 156 Å². The van der Waals surface area contributed by atoms with E-state index >= 15 is 0 Å². The first kappa shape index (κ1) is 18.6. The summed E-state index contributed by atoms with van der Waals surface area (Å²) in [5.74, 6) is -0.756. The Morgan fingerprint density at radius 2 is 1.81 bits per heavy atom. The number of carbonyl (C=O) groups is 2. The fraction of sp³-hybridized carbons (Fsp3) is 0.333. The second-order valence-electron chi connectivity index (χ2n) is 6.02. The third-order valence-electron chi connectivity index (χ3n) is 4.44. The first-order valence-electron chi connectivity index (χ1n) is 8.15. The molecule has 26 heavy (non-hydrogen) atoms. The monoisotopic (exact) mass is 393 g/mol. The lowest BCUT2D eigenvalue weighted by Gasteiger charge is -2.20. The molecule has 1 aliphatic rings. The van der Waals surface area contributed by atoms with Gasteiger partial charge in [-0.3, -0.25) is 4.79 Å². The fourth-order valence-corrected chi connectivity index (χ4v) is 5.99. The molecule has 0 N–H and O–H groups in total. The smallest absolute Gasteiger partial charge is 0.337 e. The number of ether oxygens (including phenoxy) is 1. The third kappa shape index (κ3) is 3.81. The molecule has 0 spiro atoms. The van der Waals surface area contributed by atoms with E-state index in [-0.39, 0.29) is 18.2 Å². The van der Waals surface area contributed by atoms with Crippen molar-refractivity contribution in [2.45, 2.75) is 11.7 Å². The van der Waals surface area contributed by atoms with Crippen LogP contribution in [0.2, 0.25) is 0 Å². The van der Waals surface area contributed by atoms with Gasteiger partial charge in [0, 0.05) is 23.5 Å². The minimum absolute atomic E-state index is 0.0540. The third-order valence-corrected chi connectivity index (χ3v) is 7.68. The summed E-state index contributed by atoms with van der Waals surface area (Å²) in [6.45, 7) is 0.543. The van der Waals surface area contributed by atoms with Crippen LogP contribution in [0.4, 0.5) is 0 Å². The lowest BCUT2D eigenvalue weighted by molar-refractivity contribution is 0.0599. The molecule has 8 heteroatoms. The average molecular weight is 393 g/mol. The van der Waals surface area contributed by atoms with Gasteiger partial charge < -0.3 is 9.64 Å². The first-order chi connectivity index (χ1) is 12.4. The van der Waals surface area contributed by atoms with Crippen molar-refractivity contribution in [3.8, 4) is 0 Å². The largest absolute Gasteiger partial charge is 0.465 e. The number of hydrogen-bond donors (Lipinski definition) is 0. The van der Waals surface area contributed by atoms with Gasteiger partial charge in [-0.2, -0.15) is 0 Å². The Morgan fingerprint density at radius 3 is 2.42 bits per heavy atom. The van der Waals surface area contributed by atoms with E-state index in [2.05, 4.69) is 4.74 Å². The highest BCUT2D eigenvalue weighted by Gasteiger charge is 2.33. The van der Waals surface area contributed by atoms with Gasteiger partial charge in [0.15, 0.2) is 9.84 Å².